The second kappa shape index (κ2) is 5.69. The molecule has 1 fully saturated rings. The van der Waals surface area contributed by atoms with E-state index in [0.29, 0.717) is 0 Å². The van der Waals surface area contributed by atoms with E-state index in [0.717, 1.165) is 37.7 Å². The summed E-state index contributed by atoms with van der Waals surface area (Å²) < 4.78 is 2.13. The summed E-state index contributed by atoms with van der Waals surface area (Å²) in [6.07, 6.45) is 7.03. The second-order valence-electron chi connectivity index (χ2n) is 5.19. The van der Waals surface area contributed by atoms with Crippen LogP contribution in [0.5, 0.6) is 0 Å². The molecular weight excluding hydrogens is 226 g/mol. The lowest BCUT2D eigenvalue weighted by Crippen LogP contribution is -2.39. The first-order valence-corrected chi connectivity index (χ1v) is 7.17. The van der Waals surface area contributed by atoms with Crippen LogP contribution >= 0.6 is 0 Å². The number of rotatable bonds is 4. The first-order chi connectivity index (χ1) is 8.71. The third-order valence-electron chi connectivity index (χ3n) is 3.84. The first-order valence-electron chi connectivity index (χ1n) is 7.17. The Morgan fingerprint density at radius 2 is 1.83 bits per heavy atom. The van der Waals surface area contributed by atoms with E-state index in [4.69, 9.17) is 5.73 Å². The van der Waals surface area contributed by atoms with Gasteiger partial charge in [0, 0.05) is 13.1 Å². The first kappa shape index (κ1) is 13.3. The number of anilines is 1. The zero-order valence-corrected chi connectivity index (χ0v) is 11.6. The van der Waals surface area contributed by atoms with Crippen molar-refractivity contribution in [2.75, 3.05) is 11.9 Å². The van der Waals surface area contributed by atoms with Gasteiger partial charge in [0.1, 0.15) is 0 Å². The molecule has 0 bridgehead atoms. The molecule has 0 radical (unpaired) electrons. The summed E-state index contributed by atoms with van der Waals surface area (Å²) in [5.74, 6) is 1.81. The van der Waals surface area contributed by atoms with E-state index in [1.165, 1.54) is 25.7 Å². The van der Waals surface area contributed by atoms with E-state index in [2.05, 4.69) is 33.9 Å². The molecule has 1 aromatic heterocycles. The van der Waals surface area contributed by atoms with E-state index >= 15 is 0 Å². The van der Waals surface area contributed by atoms with E-state index in [1.54, 1.807) is 0 Å². The zero-order chi connectivity index (χ0) is 13.0. The maximum atomic E-state index is 6.62. The smallest absolute Gasteiger partial charge is 0.224 e. The van der Waals surface area contributed by atoms with Crippen LogP contribution in [0, 0.1) is 0 Å². The fourth-order valence-corrected chi connectivity index (χ4v) is 2.84. The van der Waals surface area contributed by atoms with Crippen molar-refractivity contribution in [1.29, 1.82) is 0 Å². The van der Waals surface area contributed by atoms with Crippen LogP contribution in [-0.2, 0) is 12.1 Å². The fourth-order valence-electron chi connectivity index (χ4n) is 2.84. The maximum Gasteiger partial charge on any atom is 0.224 e. The Bertz CT molecular complexity index is 377. The van der Waals surface area contributed by atoms with Crippen molar-refractivity contribution >= 4 is 5.95 Å². The fraction of sp³-hybridized carbons (Fsp3) is 0.846. The lowest BCUT2D eigenvalue weighted by atomic mass is 9.90. The van der Waals surface area contributed by atoms with Gasteiger partial charge in [-0.15, -0.1) is 10.2 Å². The molecule has 1 aliphatic rings. The van der Waals surface area contributed by atoms with Gasteiger partial charge in [0.25, 0.3) is 0 Å². The van der Waals surface area contributed by atoms with E-state index in [1.807, 2.05) is 0 Å². The highest BCUT2D eigenvalue weighted by Crippen LogP contribution is 2.33. The van der Waals surface area contributed by atoms with Crippen LogP contribution in [0.1, 0.15) is 58.2 Å². The van der Waals surface area contributed by atoms with E-state index in [-0.39, 0.29) is 5.54 Å². The summed E-state index contributed by atoms with van der Waals surface area (Å²) >= 11 is 0. The van der Waals surface area contributed by atoms with Crippen molar-refractivity contribution in [3.05, 3.63) is 5.82 Å². The number of hydrogen-bond acceptors (Lipinski definition) is 4. The van der Waals surface area contributed by atoms with Gasteiger partial charge in [-0.3, -0.25) is 4.57 Å². The number of nitrogens with one attached hydrogen (secondary N) is 1. The summed E-state index contributed by atoms with van der Waals surface area (Å²) in [4.78, 5) is 0. The number of hydrogen-bond donors (Lipinski definition) is 2. The molecule has 0 spiro atoms. The summed E-state index contributed by atoms with van der Waals surface area (Å²) in [6.45, 7) is 5.91. The Balaban J connectivity index is 2.30. The van der Waals surface area contributed by atoms with Crippen LogP contribution in [0.4, 0.5) is 5.95 Å². The number of nitrogens with two attached hydrogens (primary N) is 1. The van der Waals surface area contributed by atoms with Crippen LogP contribution in [0.3, 0.4) is 0 Å². The molecule has 0 aliphatic heterocycles. The van der Waals surface area contributed by atoms with Gasteiger partial charge in [0.05, 0.1) is 5.54 Å². The molecule has 1 aliphatic carbocycles. The zero-order valence-electron chi connectivity index (χ0n) is 11.6. The largest absolute Gasteiger partial charge is 0.355 e. The molecule has 1 aromatic rings. The lowest BCUT2D eigenvalue weighted by molar-refractivity contribution is 0.348. The average molecular weight is 251 g/mol. The molecule has 102 valence electrons. The molecule has 0 unspecified atom stereocenters. The highest BCUT2D eigenvalue weighted by Gasteiger charge is 2.34. The molecule has 0 atom stereocenters. The predicted molar refractivity (Wildman–Crippen MR) is 73.4 cm³/mol. The van der Waals surface area contributed by atoms with Crippen molar-refractivity contribution in [2.45, 2.75) is 64.5 Å². The minimum absolute atomic E-state index is 0.285. The third kappa shape index (κ3) is 2.51. The molecule has 1 heterocycles. The molecule has 0 aromatic carbocycles. The highest BCUT2D eigenvalue weighted by atomic mass is 15.4. The van der Waals surface area contributed by atoms with Crippen LogP contribution in [0.25, 0.3) is 0 Å². The minimum Gasteiger partial charge on any atom is -0.355 e. The molecule has 2 rings (SSSR count). The van der Waals surface area contributed by atoms with Gasteiger partial charge >= 0.3 is 0 Å². The van der Waals surface area contributed by atoms with Crippen LogP contribution in [0.15, 0.2) is 0 Å². The molecule has 18 heavy (non-hydrogen) atoms. The number of aromatic nitrogens is 3. The summed E-state index contributed by atoms with van der Waals surface area (Å²) in [5.41, 5.74) is 6.33. The monoisotopic (exact) mass is 251 g/mol. The average Bonchev–Trinajstić information content (AvgIpc) is 2.65. The molecule has 5 heteroatoms. The van der Waals surface area contributed by atoms with Gasteiger partial charge in [0.2, 0.25) is 5.95 Å². The SMILES string of the molecule is CCNc1nnc(C2(N)CCCCCC2)n1CC. The normalized spacial score (nSPS) is 19.5. The Morgan fingerprint density at radius 1 is 1.17 bits per heavy atom. The van der Waals surface area contributed by atoms with Crippen LogP contribution < -0.4 is 11.1 Å². The van der Waals surface area contributed by atoms with Crippen molar-refractivity contribution in [2.24, 2.45) is 5.73 Å². The summed E-state index contributed by atoms with van der Waals surface area (Å²) in [5, 5.41) is 11.9. The van der Waals surface area contributed by atoms with Gasteiger partial charge in [-0.2, -0.15) is 0 Å². The summed E-state index contributed by atoms with van der Waals surface area (Å²) in [7, 11) is 0. The highest BCUT2D eigenvalue weighted by molar-refractivity contribution is 5.28. The van der Waals surface area contributed by atoms with Gasteiger partial charge in [0.15, 0.2) is 5.82 Å². The predicted octanol–water partition coefficient (Wildman–Crippen LogP) is 2.24. The van der Waals surface area contributed by atoms with Gasteiger partial charge in [-0.05, 0) is 26.7 Å². The minimum atomic E-state index is -0.285. The Labute approximate surface area is 109 Å². The molecule has 0 amide bonds. The van der Waals surface area contributed by atoms with Crippen molar-refractivity contribution in [3.8, 4) is 0 Å². The molecule has 1 saturated carbocycles. The summed E-state index contributed by atoms with van der Waals surface area (Å²) in [6, 6.07) is 0. The number of nitrogens with zero attached hydrogens (tertiary/aromatic N) is 3. The molecule has 5 nitrogen and oxygen atoms in total. The van der Waals surface area contributed by atoms with Gasteiger partial charge in [-0.25, -0.2) is 0 Å². The van der Waals surface area contributed by atoms with Crippen molar-refractivity contribution in [3.63, 3.8) is 0 Å². The van der Waals surface area contributed by atoms with E-state index < -0.39 is 0 Å². The second-order valence-corrected chi connectivity index (χ2v) is 5.19. The third-order valence-corrected chi connectivity index (χ3v) is 3.84. The van der Waals surface area contributed by atoms with Crippen LogP contribution in [0.2, 0.25) is 0 Å². The Hall–Kier alpha value is -1.10. The maximum absolute atomic E-state index is 6.62. The molecular formula is C13H25N5. The lowest BCUT2D eigenvalue weighted by Gasteiger charge is -2.27. The van der Waals surface area contributed by atoms with E-state index in [9.17, 15) is 0 Å². The van der Waals surface area contributed by atoms with Crippen LogP contribution in [-0.4, -0.2) is 21.3 Å². The quantitative estimate of drug-likeness (QED) is 0.805. The van der Waals surface area contributed by atoms with Gasteiger partial charge in [-0.1, -0.05) is 25.7 Å². The van der Waals surface area contributed by atoms with Crippen molar-refractivity contribution < 1.29 is 0 Å². The molecule has 3 N–H and O–H groups in total. The Kier molecular flexibility index (Phi) is 4.22. The van der Waals surface area contributed by atoms with Gasteiger partial charge < -0.3 is 11.1 Å². The van der Waals surface area contributed by atoms with Crippen molar-refractivity contribution in [1.82, 2.24) is 14.8 Å². The topological polar surface area (TPSA) is 68.8 Å². The Morgan fingerprint density at radius 3 is 2.39 bits per heavy atom. The molecule has 0 saturated heterocycles. The standard InChI is InChI=1S/C13H25N5/c1-3-15-12-17-16-11(18(12)4-2)13(14)9-7-5-6-8-10-13/h3-10,14H2,1-2H3,(H,15,17).